The summed E-state index contributed by atoms with van der Waals surface area (Å²) in [6, 6.07) is 8.24. The summed E-state index contributed by atoms with van der Waals surface area (Å²) in [4.78, 5) is 16.0. The van der Waals surface area contributed by atoms with Crippen LogP contribution in [0.4, 0.5) is 10.1 Å². The number of benzene rings is 1. The van der Waals surface area contributed by atoms with Crippen LogP contribution in [0.25, 0.3) is 11.3 Å². The third-order valence-electron chi connectivity index (χ3n) is 3.23. The van der Waals surface area contributed by atoms with E-state index in [0.717, 1.165) is 17.7 Å². The maximum Gasteiger partial charge on any atom is 0.226 e. The molecule has 5 heteroatoms. The smallest absolute Gasteiger partial charge is 0.226 e. The average Bonchev–Trinajstić information content (AvgIpc) is 2.79. The molecule has 1 heterocycles. The number of carbonyl (C=O) groups is 1. The summed E-state index contributed by atoms with van der Waals surface area (Å²) in [5.41, 5.74) is 9.02. The molecule has 2 rings (SSSR count). The van der Waals surface area contributed by atoms with Crippen LogP contribution >= 0.6 is 11.3 Å². The van der Waals surface area contributed by atoms with Crippen LogP contribution in [0.15, 0.2) is 24.3 Å². The molecule has 1 aromatic heterocycles. The number of amides is 1. The van der Waals surface area contributed by atoms with Crippen molar-refractivity contribution in [3.63, 3.8) is 0 Å². The standard InChI is InChI=1S/C16H21N3OS/c1-4-5-13(20)18-16-19-14(15(17)21-16)12-8-6-11(7-9-12)10(2)3/h6-10H,4-5,17H2,1-3H3,(H,18,19,20). The van der Waals surface area contributed by atoms with Crippen LogP contribution in [0.3, 0.4) is 0 Å². The number of nitrogens with one attached hydrogen (secondary N) is 1. The van der Waals surface area contributed by atoms with E-state index in [1.165, 1.54) is 16.9 Å². The first-order valence-corrected chi connectivity index (χ1v) is 7.99. The third-order valence-corrected chi connectivity index (χ3v) is 4.03. The second kappa shape index (κ2) is 6.72. The van der Waals surface area contributed by atoms with Crippen molar-refractivity contribution < 1.29 is 4.79 Å². The van der Waals surface area contributed by atoms with Gasteiger partial charge in [-0.3, -0.25) is 4.79 Å². The van der Waals surface area contributed by atoms with E-state index < -0.39 is 0 Å². The number of hydrogen-bond donors (Lipinski definition) is 2. The molecule has 0 spiro atoms. The molecule has 0 atom stereocenters. The Morgan fingerprint density at radius 2 is 2.00 bits per heavy atom. The molecule has 0 unspecified atom stereocenters. The number of nitrogens with zero attached hydrogens (tertiary/aromatic N) is 1. The van der Waals surface area contributed by atoms with E-state index in [0.29, 0.717) is 22.5 Å². The fourth-order valence-corrected chi connectivity index (χ4v) is 2.80. The zero-order valence-electron chi connectivity index (χ0n) is 12.6. The van der Waals surface area contributed by atoms with Crippen molar-refractivity contribution in [3.8, 4) is 11.3 Å². The number of hydrogen-bond acceptors (Lipinski definition) is 4. The van der Waals surface area contributed by atoms with Gasteiger partial charge in [0.25, 0.3) is 0 Å². The summed E-state index contributed by atoms with van der Waals surface area (Å²) in [6.45, 7) is 6.29. The van der Waals surface area contributed by atoms with Crippen LogP contribution in [0.1, 0.15) is 45.1 Å². The largest absolute Gasteiger partial charge is 0.389 e. The van der Waals surface area contributed by atoms with Crippen molar-refractivity contribution in [2.75, 3.05) is 11.1 Å². The number of rotatable bonds is 5. The highest BCUT2D eigenvalue weighted by Gasteiger charge is 2.12. The number of nitrogen functional groups attached to an aromatic ring is 1. The summed E-state index contributed by atoms with van der Waals surface area (Å²) >= 11 is 1.31. The SMILES string of the molecule is CCCC(=O)Nc1nc(-c2ccc(C(C)C)cc2)c(N)s1. The van der Waals surface area contributed by atoms with Gasteiger partial charge < -0.3 is 11.1 Å². The Balaban J connectivity index is 2.20. The third kappa shape index (κ3) is 3.82. The lowest BCUT2D eigenvalue weighted by atomic mass is 10.0. The molecule has 21 heavy (non-hydrogen) atoms. The van der Waals surface area contributed by atoms with E-state index in [2.05, 4.69) is 36.3 Å². The fourth-order valence-electron chi connectivity index (χ4n) is 2.03. The van der Waals surface area contributed by atoms with Crippen LogP contribution in [0, 0.1) is 0 Å². The summed E-state index contributed by atoms with van der Waals surface area (Å²) < 4.78 is 0. The predicted molar refractivity (Wildman–Crippen MR) is 89.6 cm³/mol. The lowest BCUT2D eigenvalue weighted by Crippen LogP contribution is -2.10. The Labute approximate surface area is 129 Å². The molecule has 112 valence electrons. The molecule has 0 fully saturated rings. The zero-order valence-corrected chi connectivity index (χ0v) is 13.5. The maximum absolute atomic E-state index is 11.6. The highest BCUT2D eigenvalue weighted by atomic mass is 32.1. The predicted octanol–water partition coefficient (Wildman–Crippen LogP) is 4.25. The minimum atomic E-state index is -0.0204. The Kier molecular flexibility index (Phi) is 4.96. The molecule has 1 aromatic carbocycles. The van der Waals surface area contributed by atoms with Crippen molar-refractivity contribution >= 4 is 27.4 Å². The molecule has 0 saturated heterocycles. The van der Waals surface area contributed by atoms with Gasteiger partial charge >= 0.3 is 0 Å². The highest BCUT2D eigenvalue weighted by molar-refractivity contribution is 7.20. The van der Waals surface area contributed by atoms with E-state index in [1.807, 2.05) is 19.1 Å². The van der Waals surface area contributed by atoms with Crippen molar-refractivity contribution in [2.45, 2.75) is 39.5 Å². The normalized spacial score (nSPS) is 10.9. The van der Waals surface area contributed by atoms with E-state index in [4.69, 9.17) is 5.73 Å². The molecule has 1 amide bonds. The fraction of sp³-hybridized carbons (Fsp3) is 0.375. The van der Waals surface area contributed by atoms with E-state index >= 15 is 0 Å². The van der Waals surface area contributed by atoms with E-state index in [1.54, 1.807) is 0 Å². The Hall–Kier alpha value is -1.88. The minimum Gasteiger partial charge on any atom is -0.389 e. The van der Waals surface area contributed by atoms with Crippen LogP contribution in [0.2, 0.25) is 0 Å². The Morgan fingerprint density at radius 3 is 2.57 bits per heavy atom. The van der Waals surface area contributed by atoms with Gasteiger partial charge in [-0.05, 0) is 17.9 Å². The average molecular weight is 303 g/mol. The number of carbonyl (C=O) groups excluding carboxylic acids is 1. The molecular weight excluding hydrogens is 282 g/mol. The van der Waals surface area contributed by atoms with Gasteiger partial charge in [-0.2, -0.15) is 0 Å². The summed E-state index contributed by atoms with van der Waals surface area (Å²) in [5, 5.41) is 3.98. The molecule has 0 aliphatic carbocycles. The minimum absolute atomic E-state index is 0.0204. The number of nitrogens with two attached hydrogens (primary N) is 1. The first-order valence-electron chi connectivity index (χ1n) is 7.17. The van der Waals surface area contributed by atoms with Gasteiger partial charge in [0.2, 0.25) is 5.91 Å². The monoisotopic (exact) mass is 303 g/mol. The lowest BCUT2D eigenvalue weighted by molar-refractivity contribution is -0.116. The van der Waals surface area contributed by atoms with Gasteiger partial charge in [0.1, 0.15) is 10.7 Å². The quantitative estimate of drug-likeness (QED) is 0.867. The molecule has 3 N–H and O–H groups in total. The first kappa shape index (κ1) is 15.5. The number of anilines is 2. The second-order valence-corrected chi connectivity index (χ2v) is 6.34. The van der Waals surface area contributed by atoms with Crippen molar-refractivity contribution in [1.82, 2.24) is 4.98 Å². The van der Waals surface area contributed by atoms with Crippen molar-refractivity contribution in [3.05, 3.63) is 29.8 Å². The van der Waals surface area contributed by atoms with Gasteiger partial charge in [0.15, 0.2) is 5.13 Å². The Bertz CT molecular complexity index is 617. The number of aromatic nitrogens is 1. The molecule has 4 nitrogen and oxygen atoms in total. The Morgan fingerprint density at radius 1 is 1.33 bits per heavy atom. The van der Waals surface area contributed by atoms with Gasteiger partial charge in [-0.1, -0.05) is 56.4 Å². The van der Waals surface area contributed by atoms with E-state index in [9.17, 15) is 4.79 Å². The zero-order chi connectivity index (χ0) is 15.4. The topological polar surface area (TPSA) is 68.0 Å². The van der Waals surface area contributed by atoms with Crippen LogP contribution in [-0.4, -0.2) is 10.9 Å². The van der Waals surface area contributed by atoms with Gasteiger partial charge in [0, 0.05) is 12.0 Å². The lowest BCUT2D eigenvalue weighted by Gasteiger charge is -2.05. The second-order valence-electron chi connectivity index (χ2n) is 5.31. The van der Waals surface area contributed by atoms with E-state index in [-0.39, 0.29) is 5.91 Å². The molecule has 0 aliphatic rings. The molecule has 2 aromatic rings. The van der Waals surface area contributed by atoms with Crippen LogP contribution in [-0.2, 0) is 4.79 Å². The van der Waals surface area contributed by atoms with Crippen LogP contribution in [0.5, 0.6) is 0 Å². The molecule has 0 bridgehead atoms. The van der Waals surface area contributed by atoms with Crippen LogP contribution < -0.4 is 11.1 Å². The molecular formula is C16H21N3OS. The molecule has 0 aliphatic heterocycles. The van der Waals surface area contributed by atoms with Gasteiger partial charge in [-0.15, -0.1) is 0 Å². The molecule has 0 saturated carbocycles. The van der Waals surface area contributed by atoms with Crippen molar-refractivity contribution in [1.29, 1.82) is 0 Å². The van der Waals surface area contributed by atoms with Gasteiger partial charge in [-0.25, -0.2) is 4.98 Å². The number of thiazole rings is 1. The highest BCUT2D eigenvalue weighted by Crippen LogP contribution is 2.34. The molecule has 0 radical (unpaired) electrons. The van der Waals surface area contributed by atoms with Gasteiger partial charge in [0.05, 0.1) is 0 Å². The first-order chi connectivity index (χ1) is 10.0. The summed E-state index contributed by atoms with van der Waals surface area (Å²) in [7, 11) is 0. The summed E-state index contributed by atoms with van der Waals surface area (Å²) in [5.74, 6) is 0.476. The maximum atomic E-state index is 11.6. The summed E-state index contributed by atoms with van der Waals surface area (Å²) in [6.07, 6.45) is 1.31. The van der Waals surface area contributed by atoms with Crippen molar-refractivity contribution in [2.24, 2.45) is 0 Å².